The number of hydrogen-bond acceptors (Lipinski definition) is 4. The van der Waals surface area contributed by atoms with E-state index >= 15 is 0 Å². The number of aliphatic hydroxyl groups is 1. The Hall–Kier alpha value is -0.210. The molecule has 7 heteroatoms. The maximum absolute atomic E-state index is 12.5. The second-order valence-corrected chi connectivity index (χ2v) is 7.93. The molecule has 2 fully saturated rings. The minimum Gasteiger partial charge on any atom is -0.396 e. The van der Waals surface area contributed by atoms with Gasteiger partial charge in [0, 0.05) is 39.9 Å². The molecule has 2 saturated heterocycles. The van der Waals surface area contributed by atoms with Crippen LogP contribution in [0.1, 0.15) is 25.7 Å². The van der Waals surface area contributed by atoms with Crippen molar-refractivity contribution in [1.82, 2.24) is 8.61 Å². The van der Waals surface area contributed by atoms with E-state index in [-0.39, 0.29) is 12.5 Å². The minimum absolute atomic E-state index is 0.156. The van der Waals surface area contributed by atoms with Crippen molar-refractivity contribution in [3.63, 3.8) is 0 Å². The van der Waals surface area contributed by atoms with Crippen molar-refractivity contribution in [2.45, 2.75) is 25.7 Å². The Labute approximate surface area is 121 Å². The van der Waals surface area contributed by atoms with Crippen LogP contribution in [-0.4, -0.2) is 68.6 Å². The molecule has 1 unspecified atom stereocenters. The lowest BCUT2D eigenvalue weighted by Crippen LogP contribution is -2.47. The third kappa shape index (κ3) is 3.92. The molecule has 2 rings (SSSR count). The van der Waals surface area contributed by atoms with Crippen molar-refractivity contribution in [3.8, 4) is 0 Å². The van der Waals surface area contributed by atoms with Gasteiger partial charge in [0.25, 0.3) is 10.2 Å². The van der Waals surface area contributed by atoms with Gasteiger partial charge in [0.05, 0.1) is 6.61 Å². The van der Waals surface area contributed by atoms with Crippen LogP contribution in [0.25, 0.3) is 0 Å². The number of piperidine rings is 1. The smallest absolute Gasteiger partial charge is 0.281 e. The summed E-state index contributed by atoms with van der Waals surface area (Å²) in [6.45, 7) is 3.16. The van der Waals surface area contributed by atoms with Crippen LogP contribution < -0.4 is 0 Å². The Kier molecular flexibility index (Phi) is 5.80. The molecule has 2 heterocycles. The lowest BCUT2D eigenvalue weighted by atomic mass is 10.00. The molecule has 0 saturated carbocycles. The Morgan fingerprint density at radius 1 is 1.25 bits per heavy atom. The Morgan fingerprint density at radius 3 is 2.50 bits per heavy atom. The van der Waals surface area contributed by atoms with Crippen molar-refractivity contribution in [2.75, 3.05) is 46.5 Å². The summed E-state index contributed by atoms with van der Waals surface area (Å²) in [6, 6.07) is 0. The number of hydrogen-bond donors (Lipinski definition) is 1. The molecule has 1 N–H and O–H groups in total. The first-order valence-corrected chi connectivity index (χ1v) is 8.83. The average molecular weight is 306 g/mol. The highest BCUT2D eigenvalue weighted by Crippen LogP contribution is 2.22. The maximum Gasteiger partial charge on any atom is 0.281 e. The zero-order valence-electron chi connectivity index (χ0n) is 12.2. The summed E-state index contributed by atoms with van der Waals surface area (Å²) in [5, 5.41) is 9.11. The first-order chi connectivity index (χ1) is 9.54. The van der Waals surface area contributed by atoms with Gasteiger partial charge >= 0.3 is 0 Å². The predicted octanol–water partition coefficient (Wildman–Crippen LogP) is 0.294. The van der Waals surface area contributed by atoms with E-state index in [1.165, 1.54) is 4.31 Å². The number of rotatable bonds is 5. The highest BCUT2D eigenvalue weighted by Gasteiger charge is 2.32. The second kappa shape index (κ2) is 7.17. The lowest BCUT2D eigenvalue weighted by molar-refractivity contribution is 0.0488. The van der Waals surface area contributed by atoms with Crippen LogP contribution in [0.4, 0.5) is 0 Å². The Morgan fingerprint density at radius 2 is 1.95 bits per heavy atom. The number of ether oxygens (including phenoxy) is 1. The van der Waals surface area contributed by atoms with Crippen LogP contribution in [0.5, 0.6) is 0 Å². The third-order valence-electron chi connectivity index (χ3n) is 4.32. The number of aliphatic hydroxyl groups excluding tert-OH is 1. The zero-order chi connectivity index (χ0) is 14.6. The predicted molar refractivity (Wildman–Crippen MR) is 76.5 cm³/mol. The molecule has 0 bridgehead atoms. The second-order valence-electron chi connectivity index (χ2n) is 5.90. The molecule has 0 aromatic heterocycles. The van der Waals surface area contributed by atoms with Crippen LogP contribution in [0, 0.1) is 11.8 Å². The average Bonchev–Trinajstić information content (AvgIpc) is 2.48. The standard InChI is InChI=1S/C13H26N2O4S/c1-14(9-13-3-2-8-19-11-13)20(17,18)15-6-4-12(10-16)5-7-15/h12-13,16H,2-11H2,1H3. The van der Waals surface area contributed by atoms with E-state index in [0.29, 0.717) is 32.2 Å². The van der Waals surface area contributed by atoms with Crippen LogP contribution in [0.2, 0.25) is 0 Å². The zero-order valence-corrected chi connectivity index (χ0v) is 13.0. The van der Waals surface area contributed by atoms with Crippen molar-refractivity contribution in [3.05, 3.63) is 0 Å². The summed E-state index contributed by atoms with van der Waals surface area (Å²) >= 11 is 0. The Bertz CT molecular complexity index is 387. The van der Waals surface area contributed by atoms with Gasteiger partial charge in [-0.2, -0.15) is 17.0 Å². The quantitative estimate of drug-likeness (QED) is 0.793. The maximum atomic E-state index is 12.5. The van der Waals surface area contributed by atoms with Crippen LogP contribution in [-0.2, 0) is 14.9 Å². The number of nitrogens with zero attached hydrogens (tertiary/aromatic N) is 2. The van der Waals surface area contributed by atoms with Gasteiger partial charge in [-0.05, 0) is 37.5 Å². The molecule has 1 atom stereocenters. The third-order valence-corrected chi connectivity index (χ3v) is 6.28. The van der Waals surface area contributed by atoms with E-state index in [1.54, 1.807) is 11.4 Å². The van der Waals surface area contributed by atoms with E-state index in [1.807, 2.05) is 0 Å². The van der Waals surface area contributed by atoms with E-state index in [4.69, 9.17) is 9.84 Å². The van der Waals surface area contributed by atoms with Crippen LogP contribution in [0.3, 0.4) is 0 Å². The Balaban J connectivity index is 1.88. The summed E-state index contributed by atoms with van der Waals surface area (Å²) in [6.07, 6.45) is 3.54. The van der Waals surface area contributed by atoms with Gasteiger partial charge in [-0.25, -0.2) is 0 Å². The normalized spacial score (nSPS) is 27.1. The molecule has 6 nitrogen and oxygen atoms in total. The minimum atomic E-state index is -3.36. The van der Waals surface area contributed by atoms with Crippen molar-refractivity contribution in [1.29, 1.82) is 0 Å². The van der Waals surface area contributed by atoms with E-state index in [2.05, 4.69) is 0 Å². The van der Waals surface area contributed by atoms with E-state index < -0.39 is 10.2 Å². The molecule has 0 amide bonds. The van der Waals surface area contributed by atoms with Gasteiger partial charge in [0.2, 0.25) is 0 Å². The molecule has 0 spiro atoms. The van der Waals surface area contributed by atoms with E-state index in [0.717, 1.165) is 32.3 Å². The fourth-order valence-corrected chi connectivity index (χ4v) is 4.39. The van der Waals surface area contributed by atoms with Crippen molar-refractivity contribution in [2.24, 2.45) is 11.8 Å². The highest BCUT2D eigenvalue weighted by atomic mass is 32.2. The lowest BCUT2D eigenvalue weighted by Gasteiger charge is -2.34. The molecule has 20 heavy (non-hydrogen) atoms. The first-order valence-electron chi connectivity index (χ1n) is 7.44. The summed E-state index contributed by atoms with van der Waals surface area (Å²) in [5.74, 6) is 0.553. The molecule has 0 aromatic carbocycles. The van der Waals surface area contributed by atoms with Crippen LogP contribution >= 0.6 is 0 Å². The molecular weight excluding hydrogens is 280 g/mol. The molecule has 0 radical (unpaired) electrons. The fourth-order valence-electron chi connectivity index (χ4n) is 2.93. The molecule has 0 aliphatic carbocycles. The fraction of sp³-hybridized carbons (Fsp3) is 1.00. The van der Waals surface area contributed by atoms with Gasteiger partial charge in [0.15, 0.2) is 0 Å². The highest BCUT2D eigenvalue weighted by molar-refractivity contribution is 7.86. The summed E-state index contributed by atoms with van der Waals surface area (Å²) in [4.78, 5) is 0. The summed E-state index contributed by atoms with van der Waals surface area (Å²) < 4.78 is 33.4. The van der Waals surface area contributed by atoms with Gasteiger partial charge in [0.1, 0.15) is 0 Å². The van der Waals surface area contributed by atoms with Gasteiger partial charge < -0.3 is 9.84 Å². The van der Waals surface area contributed by atoms with Gasteiger partial charge in [-0.3, -0.25) is 0 Å². The summed E-state index contributed by atoms with van der Waals surface area (Å²) in [5.41, 5.74) is 0. The van der Waals surface area contributed by atoms with Gasteiger partial charge in [-0.1, -0.05) is 0 Å². The molecule has 2 aliphatic heterocycles. The monoisotopic (exact) mass is 306 g/mol. The molecule has 118 valence electrons. The molecule has 2 aliphatic rings. The summed E-state index contributed by atoms with van der Waals surface area (Å²) in [7, 11) is -1.71. The van der Waals surface area contributed by atoms with Crippen LogP contribution in [0.15, 0.2) is 0 Å². The van der Waals surface area contributed by atoms with Crippen molar-refractivity contribution < 1.29 is 18.3 Å². The van der Waals surface area contributed by atoms with Crippen molar-refractivity contribution >= 4 is 10.2 Å². The van der Waals surface area contributed by atoms with Gasteiger partial charge in [-0.15, -0.1) is 0 Å². The SMILES string of the molecule is CN(CC1CCCOC1)S(=O)(=O)N1CCC(CO)CC1. The largest absolute Gasteiger partial charge is 0.396 e. The first kappa shape index (κ1) is 16.2. The molecule has 0 aromatic rings. The molecular formula is C13H26N2O4S. The van der Waals surface area contributed by atoms with E-state index in [9.17, 15) is 8.42 Å². The topological polar surface area (TPSA) is 70.1 Å².